The van der Waals surface area contributed by atoms with Crippen molar-refractivity contribution in [2.75, 3.05) is 5.43 Å². The lowest BCUT2D eigenvalue weighted by Gasteiger charge is -2.17. The summed E-state index contributed by atoms with van der Waals surface area (Å²) in [6.45, 7) is 1.30. The van der Waals surface area contributed by atoms with Crippen LogP contribution in [0.2, 0.25) is 5.02 Å². The van der Waals surface area contributed by atoms with E-state index in [2.05, 4.69) is 10.4 Å². The molecule has 0 saturated carbocycles. The van der Waals surface area contributed by atoms with Gasteiger partial charge in [0.25, 0.3) is 0 Å². The van der Waals surface area contributed by atoms with Crippen LogP contribution in [-0.2, 0) is 13.1 Å². The molecule has 0 aliphatic carbocycles. The molecular formula is C13H14Br2ClN3O. The van der Waals surface area contributed by atoms with E-state index in [4.69, 9.17) is 11.6 Å². The first-order valence-corrected chi connectivity index (χ1v) is 6.02. The Hall–Kier alpha value is -0.820. The van der Waals surface area contributed by atoms with Crippen molar-refractivity contribution in [3.8, 4) is 5.75 Å². The molecule has 2 heterocycles. The molecular weight excluding hydrogens is 409 g/mol. The molecule has 0 atom stereocenters. The number of benzene rings is 1. The Balaban J connectivity index is 0.000001000. The molecule has 1 aliphatic heterocycles. The highest BCUT2D eigenvalue weighted by Gasteiger charge is 2.24. The molecule has 0 fully saturated rings. The molecule has 0 radical (unpaired) electrons. The van der Waals surface area contributed by atoms with Crippen LogP contribution in [0.4, 0.5) is 5.69 Å². The van der Waals surface area contributed by atoms with E-state index in [1.807, 2.05) is 17.1 Å². The third kappa shape index (κ3) is 3.44. The fraction of sp³-hybridized carbons (Fsp3) is 0.154. The maximum Gasteiger partial charge on any atom is 0.120 e. The van der Waals surface area contributed by atoms with Crippen LogP contribution >= 0.6 is 45.6 Å². The first-order chi connectivity index (χ1) is 8.74. The number of phenolic OH excluding ortho intramolecular Hbond substituents is 1. The summed E-state index contributed by atoms with van der Waals surface area (Å²) in [7, 11) is 0. The molecule has 1 aromatic carbocycles. The number of aromatic hydroxyl groups is 1. The predicted molar refractivity (Wildman–Crippen MR) is 90.9 cm³/mol. The molecule has 0 unspecified atom stereocenters. The van der Waals surface area contributed by atoms with Crippen molar-refractivity contribution in [3.63, 3.8) is 0 Å². The number of halogens is 3. The standard InChI is InChI=1S/C13H12ClN3O.2BrH/c14-12-1-2-13(18)11-8-17(7-10(11)12)16-9-3-5-15-6-4-9;;/h1-6,18H,7-8H2,(H,15,16);2*1H. The molecule has 1 aromatic heterocycles. The van der Waals surface area contributed by atoms with Crippen molar-refractivity contribution in [1.82, 2.24) is 9.99 Å². The smallest absolute Gasteiger partial charge is 0.120 e. The number of pyridine rings is 1. The van der Waals surface area contributed by atoms with Crippen LogP contribution in [0.3, 0.4) is 0 Å². The third-order valence-corrected chi connectivity index (χ3v) is 3.37. The molecule has 2 aromatic rings. The van der Waals surface area contributed by atoms with Crippen molar-refractivity contribution < 1.29 is 5.11 Å². The van der Waals surface area contributed by atoms with E-state index in [0.717, 1.165) is 16.8 Å². The lowest BCUT2D eigenvalue weighted by molar-refractivity contribution is 0.343. The minimum absolute atomic E-state index is 0. The average molecular weight is 424 g/mol. The summed E-state index contributed by atoms with van der Waals surface area (Å²) in [5, 5.41) is 12.5. The van der Waals surface area contributed by atoms with Crippen molar-refractivity contribution in [1.29, 1.82) is 0 Å². The molecule has 0 amide bonds. The van der Waals surface area contributed by atoms with Gasteiger partial charge in [0.2, 0.25) is 0 Å². The summed E-state index contributed by atoms with van der Waals surface area (Å²) < 4.78 is 0. The van der Waals surface area contributed by atoms with Crippen molar-refractivity contribution in [2.45, 2.75) is 13.1 Å². The van der Waals surface area contributed by atoms with Crippen LogP contribution in [0, 0.1) is 0 Å². The van der Waals surface area contributed by atoms with E-state index >= 15 is 0 Å². The molecule has 1 aliphatic rings. The van der Waals surface area contributed by atoms with Crippen LogP contribution in [0.25, 0.3) is 0 Å². The summed E-state index contributed by atoms with van der Waals surface area (Å²) >= 11 is 6.13. The minimum atomic E-state index is 0. The Labute approximate surface area is 143 Å². The second-order valence-corrected chi connectivity index (χ2v) is 4.63. The van der Waals surface area contributed by atoms with E-state index in [-0.39, 0.29) is 34.0 Å². The zero-order chi connectivity index (χ0) is 12.5. The van der Waals surface area contributed by atoms with Gasteiger partial charge >= 0.3 is 0 Å². The second-order valence-electron chi connectivity index (χ2n) is 4.23. The number of aromatic nitrogens is 1. The Bertz CT molecular complexity index is 552. The fourth-order valence-electron chi connectivity index (χ4n) is 2.13. The van der Waals surface area contributed by atoms with Gasteiger partial charge in [0, 0.05) is 36.1 Å². The fourth-order valence-corrected chi connectivity index (χ4v) is 2.36. The first kappa shape index (κ1) is 17.2. The zero-order valence-electron chi connectivity index (χ0n) is 10.4. The molecule has 0 saturated heterocycles. The highest BCUT2D eigenvalue weighted by Crippen LogP contribution is 2.35. The van der Waals surface area contributed by atoms with Gasteiger partial charge in [0.1, 0.15) is 5.75 Å². The topological polar surface area (TPSA) is 48.4 Å². The summed E-state index contributed by atoms with van der Waals surface area (Å²) in [6, 6.07) is 7.15. The number of anilines is 1. The summed E-state index contributed by atoms with van der Waals surface area (Å²) in [5.74, 6) is 0.299. The Morgan fingerprint density at radius 2 is 1.70 bits per heavy atom. The lowest BCUT2D eigenvalue weighted by atomic mass is 10.1. The van der Waals surface area contributed by atoms with Crippen LogP contribution in [0.5, 0.6) is 5.75 Å². The quantitative estimate of drug-likeness (QED) is 0.768. The van der Waals surface area contributed by atoms with E-state index in [9.17, 15) is 5.11 Å². The largest absolute Gasteiger partial charge is 0.508 e. The number of hydrogen-bond acceptors (Lipinski definition) is 4. The zero-order valence-corrected chi connectivity index (χ0v) is 14.6. The van der Waals surface area contributed by atoms with Crippen LogP contribution in [0.15, 0.2) is 36.7 Å². The van der Waals surface area contributed by atoms with Gasteiger partial charge in [-0.15, -0.1) is 34.0 Å². The van der Waals surface area contributed by atoms with Crippen molar-refractivity contribution in [2.24, 2.45) is 0 Å². The van der Waals surface area contributed by atoms with E-state index < -0.39 is 0 Å². The number of rotatable bonds is 2. The number of nitrogens with one attached hydrogen (secondary N) is 1. The Kier molecular flexibility index (Phi) is 6.26. The summed E-state index contributed by atoms with van der Waals surface area (Å²) in [4.78, 5) is 3.97. The van der Waals surface area contributed by atoms with E-state index in [0.29, 0.717) is 23.9 Å². The van der Waals surface area contributed by atoms with Gasteiger partial charge < -0.3 is 10.5 Å². The van der Waals surface area contributed by atoms with Crippen LogP contribution in [-0.4, -0.2) is 15.1 Å². The SMILES string of the molecule is Br.Br.Oc1ccc(Cl)c2c1CN(Nc1ccncc1)C2. The molecule has 0 bridgehead atoms. The normalized spacial score (nSPS) is 13.1. The highest BCUT2D eigenvalue weighted by atomic mass is 79.9. The number of hydrazine groups is 1. The summed E-state index contributed by atoms with van der Waals surface area (Å²) in [5.41, 5.74) is 6.11. The van der Waals surface area contributed by atoms with Crippen molar-refractivity contribution >= 4 is 51.3 Å². The highest BCUT2D eigenvalue weighted by molar-refractivity contribution is 8.93. The van der Waals surface area contributed by atoms with E-state index in [1.54, 1.807) is 24.5 Å². The third-order valence-electron chi connectivity index (χ3n) is 3.01. The monoisotopic (exact) mass is 421 g/mol. The maximum absolute atomic E-state index is 9.82. The molecule has 20 heavy (non-hydrogen) atoms. The molecule has 3 rings (SSSR count). The van der Waals surface area contributed by atoms with Gasteiger partial charge in [0.15, 0.2) is 0 Å². The van der Waals surface area contributed by atoms with Gasteiger partial charge in [-0.25, -0.2) is 5.01 Å². The average Bonchev–Trinajstić information content (AvgIpc) is 2.80. The Morgan fingerprint density at radius 1 is 1.05 bits per heavy atom. The Morgan fingerprint density at radius 3 is 2.35 bits per heavy atom. The number of phenols is 1. The summed E-state index contributed by atoms with van der Waals surface area (Å²) in [6.07, 6.45) is 3.46. The van der Waals surface area contributed by atoms with Gasteiger partial charge in [-0.05, 0) is 29.8 Å². The molecule has 108 valence electrons. The van der Waals surface area contributed by atoms with Crippen LogP contribution in [0.1, 0.15) is 11.1 Å². The molecule has 2 N–H and O–H groups in total. The van der Waals surface area contributed by atoms with Crippen molar-refractivity contribution in [3.05, 3.63) is 52.8 Å². The number of fused-ring (bicyclic) bond motifs is 1. The number of nitrogens with zero attached hydrogens (tertiary/aromatic N) is 2. The van der Waals surface area contributed by atoms with Gasteiger partial charge in [-0.1, -0.05) is 11.6 Å². The van der Waals surface area contributed by atoms with E-state index in [1.165, 1.54) is 0 Å². The van der Waals surface area contributed by atoms with Gasteiger partial charge in [0.05, 0.1) is 5.69 Å². The molecule has 0 spiro atoms. The first-order valence-electron chi connectivity index (χ1n) is 5.65. The second kappa shape index (κ2) is 7.26. The van der Waals surface area contributed by atoms with Crippen LogP contribution < -0.4 is 5.43 Å². The molecule has 7 heteroatoms. The lowest BCUT2D eigenvalue weighted by Crippen LogP contribution is -2.23. The minimum Gasteiger partial charge on any atom is -0.508 e. The molecule has 4 nitrogen and oxygen atoms in total. The maximum atomic E-state index is 9.82. The predicted octanol–water partition coefficient (Wildman–Crippen LogP) is 3.94. The van der Waals surface area contributed by atoms with Gasteiger partial charge in [-0.2, -0.15) is 0 Å². The number of hydrogen-bond donors (Lipinski definition) is 2. The van der Waals surface area contributed by atoms with Gasteiger partial charge in [-0.3, -0.25) is 4.98 Å².